The molecule has 0 bridgehead atoms. The van der Waals surface area contributed by atoms with Crippen molar-refractivity contribution < 1.29 is 45.0 Å². The van der Waals surface area contributed by atoms with Crippen LogP contribution in [0.4, 0.5) is 30.7 Å². The third-order valence-corrected chi connectivity index (χ3v) is 4.56. The Balaban J connectivity index is 1.87. The molecule has 1 atom stereocenters. The maximum atomic E-state index is 13.2. The summed E-state index contributed by atoms with van der Waals surface area (Å²) in [5, 5.41) is 6.42. The van der Waals surface area contributed by atoms with Crippen LogP contribution < -0.4 is 14.8 Å². The first kappa shape index (κ1) is 26.2. The first-order chi connectivity index (χ1) is 16.3. The van der Waals surface area contributed by atoms with E-state index in [-0.39, 0.29) is 22.1 Å². The van der Waals surface area contributed by atoms with E-state index in [1.807, 2.05) is 0 Å². The topological polar surface area (TPSA) is 91.2 Å². The van der Waals surface area contributed by atoms with E-state index in [1.54, 1.807) is 0 Å². The van der Waals surface area contributed by atoms with Gasteiger partial charge in [0.25, 0.3) is 5.91 Å². The highest BCUT2D eigenvalue weighted by Crippen LogP contribution is 2.33. The molecule has 1 aromatic carbocycles. The number of aromatic nitrogens is 4. The van der Waals surface area contributed by atoms with Crippen LogP contribution in [-0.4, -0.2) is 38.9 Å². The quantitative estimate of drug-likeness (QED) is 0.377. The number of rotatable bonds is 8. The lowest BCUT2D eigenvalue weighted by Crippen LogP contribution is -2.29. The molecule has 0 spiro atoms. The van der Waals surface area contributed by atoms with Gasteiger partial charge in [-0.2, -0.15) is 35.4 Å². The molecule has 35 heavy (non-hydrogen) atoms. The van der Waals surface area contributed by atoms with Crippen molar-refractivity contribution in [2.45, 2.75) is 32.4 Å². The molecule has 1 N–H and O–H groups in total. The molecule has 8 nitrogen and oxygen atoms in total. The van der Waals surface area contributed by atoms with Crippen LogP contribution in [0.25, 0.3) is 5.82 Å². The van der Waals surface area contributed by atoms with Crippen LogP contribution in [0.5, 0.6) is 11.5 Å². The second kappa shape index (κ2) is 10.5. The molecule has 2 aromatic heterocycles. The van der Waals surface area contributed by atoms with Crippen molar-refractivity contribution in [3.63, 3.8) is 0 Å². The number of hydrogen-bond acceptors (Lipinski definition) is 6. The van der Waals surface area contributed by atoms with Gasteiger partial charge >= 0.3 is 19.4 Å². The number of nitrogens with zero attached hydrogens (tertiary/aromatic N) is 4. The summed E-state index contributed by atoms with van der Waals surface area (Å²) >= 11 is 3.05. The number of carbonyl (C=O) groups excluding carboxylic acids is 1. The van der Waals surface area contributed by atoms with Gasteiger partial charge < -0.3 is 14.8 Å². The van der Waals surface area contributed by atoms with E-state index in [4.69, 9.17) is 0 Å². The molecule has 0 aliphatic carbocycles. The van der Waals surface area contributed by atoms with Crippen LogP contribution in [-0.2, 0) is 6.18 Å². The average Bonchev–Trinajstić information content (AvgIpc) is 3.14. The van der Waals surface area contributed by atoms with E-state index in [2.05, 4.69) is 45.8 Å². The summed E-state index contributed by atoms with van der Waals surface area (Å²) in [4.78, 5) is 20.7. The minimum Gasteiger partial charge on any atom is -0.435 e. The van der Waals surface area contributed by atoms with Gasteiger partial charge in [0.15, 0.2) is 11.6 Å². The highest BCUT2D eigenvalue weighted by Gasteiger charge is 2.33. The van der Waals surface area contributed by atoms with Gasteiger partial charge in [0.05, 0.1) is 17.8 Å². The number of alkyl halides is 7. The molecular weight excluding hydrogens is 559 g/mol. The Labute approximate surface area is 200 Å². The van der Waals surface area contributed by atoms with Crippen molar-refractivity contribution in [3.05, 3.63) is 58.2 Å². The molecule has 1 amide bonds. The molecule has 16 heteroatoms. The lowest BCUT2D eigenvalue weighted by molar-refractivity contribution is -0.138. The fourth-order valence-electron chi connectivity index (χ4n) is 2.83. The van der Waals surface area contributed by atoms with Gasteiger partial charge in [-0.1, -0.05) is 0 Å². The predicted octanol–water partition coefficient (Wildman–Crippen LogP) is 5.14. The summed E-state index contributed by atoms with van der Waals surface area (Å²) in [6, 6.07) is 3.02. The van der Waals surface area contributed by atoms with Gasteiger partial charge in [-0.25, -0.2) is 9.97 Å². The van der Waals surface area contributed by atoms with Crippen LogP contribution in [0, 0.1) is 0 Å². The summed E-state index contributed by atoms with van der Waals surface area (Å²) in [5.74, 6) is -1.99. The van der Waals surface area contributed by atoms with E-state index in [0.717, 1.165) is 16.9 Å². The standard InChI is InChI=1S/C19H13BrF7N5O3/c1-8(14-30-16(20)31-32(14)13-3-2-11(7-28-13)34-17(21)22)29-15(33)9-4-10(19(25,26)27)6-12(5-9)35-18(23)24/h2-8,17-18H,1H3,(H,29,33). The average molecular weight is 572 g/mol. The van der Waals surface area contributed by atoms with Gasteiger partial charge in [-0.3, -0.25) is 4.79 Å². The van der Waals surface area contributed by atoms with Crippen molar-refractivity contribution >= 4 is 21.8 Å². The molecule has 2 heterocycles. The maximum Gasteiger partial charge on any atom is 0.416 e. The minimum atomic E-state index is -4.93. The summed E-state index contributed by atoms with van der Waals surface area (Å²) in [6.45, 7) is -5.05. The second-order valence-electron chi connectivity index (χ2n) is 6.70. The number of carbonyl (C=O) groups is 1. The monoisotopic (exact) mass is 571 g/mol. The van der Waals surface area contributed by atoms with Crippen LogP contribution in [0.1, 0.15) is 34.7 Å². The first-order valence-corrected chi connectivity index (χ1v) is 10.1. The van der Waals surface area contributed by atoms with Crippen LogP contribution in [0.15, 0.2) is 41.3 Å². The number of halogens is 8. The Morgan fingerprint density at radius 1 is 1.06 bits per heavy atom. The predicted molar refractivity (Wildman–Crippen MR) is 107 cm³/mol. The zero-order chi connectivity index (χ0) is 25.9. The molecule has 3 rings (SSSR count). The summed E-state index contributed by atoms with van der Waals surface area (Å²) < 4.78 is 98.6. The van der Waals surface area contributed by atoms with Crippen molar-refractivity contribution in [1.29, 1.82) is 0 Å². The molecule has 188 valence electrons. The molecule has 0 aliphatic heterocycles. The lowest BCUT2D eigenvalue weighted by Gasteiger charge is -2.16. The van der Waals surface area contributed by atoms with Gasteiger partial charge in [0.1, 0.15) is 11.5 Å². The van der Waals surface area contributed by atoms with Crippen molar-refractivity contribution in [2.75, 3.05) is 0 Å². The summed E-state index contributed by atoms with van der Waals surface area (Å²) in [5.41, 5.74) is -1.96. The Hall–Kier alpha value is -3.43. The Morgan fingerprint density at radius 3 is 2.29 bits per heavy atom. The van der Waals surface area contributed by atoms with Gasteiger partial charge in [-0.05, 0) is 53.2 Å². The number of hydrogen-bond donors (Lipinski definition) is 1. The van der Waals surface area contributed by atoms with E-state index < -0.39 is 48.2 Å². The SMILES string of the molecule is CC(NC(=O)c1cc(OC(F)F)cc(C(F)(F)F)c1)c1nc(Br)nn1-c1ccc(OC(F)F)cn1. The summed E-state index contributed by atoms with van der Waals surface area (Å²) in [7, 11) is 0. The third-order valence-electron chi connectivity index (χ3n) is 4.23. The van der Waals surface area contributed by atoms with E-state index in [1.165, 1.54) is 19.1 Å². The second-order valence-corrected chi connectivity index (χ2v) is 7.41. The number of benzene rings is 1. The Morgan fingerprint density at radius 2 is 1.71 bits per heavy atom. The normalized spacial score (nSPS) is 12.7. The molecule has 0 saturated carbocycles. The molecule has 0 radical (unpaired) electrons. The molecular formula is C19H13BrF7N5O3. The molecule has 0 saturated heterocycles. The molecule has 0 aliphatic rings. The van der Waals surface area contributed by atoms with Crippen molar-refractivity contribution in [3.8, 4) is 17.3 Å². The third kappa shape index (κ3) is 6.80. The van der Waals surface area contributed by atoms with E-state index in [0.29, 0.717) is 12.1 Å². The highest BCUT2D eigenvalue weighted by molar-refractivity contribution is 9.10. The fraction of sp³-hybridized carbons (Fsp3) is 0.263. The van der Waals surface area contributed by atoms with Crippen molar-refractivity contribution in [2.24, 2.45) is 0 Å². The largest absolute Gasteiger partial charge is 0.435 e. The summed E-state index contributed by atoms with van der Waals surface area (Å²) in [6.07, 6.45) is -3.93. The Kier molecular flexibility index (Phi) is 7.82. The van der Waals surface area contributed by atoms with Gasteiger partial charge in [-0.15, -0.1) is 5.10 Å². The number of pyridine rings is 1. The molecule has 0 fully saturated rings. The molecule has 1 unspecified atom stereocenters. The highest BCUT2D eigenvalue weighted by atomic mass is 79.9. The minimum absolute atomic E-state index is 0.0509. The first-order valence-electron chi connectivity index (χ1n) is 9.35. The van der Waals surface area contributed by atoms with E-state index in [9.17, 15) is 35.5 Å². The smallest absolute Gasteiger partial charge is 0.416 e. The molecule has 3 aromatic rings. The zero-order valence-corrected chi connectivity index (χ0v) is 18.8. The zero-order valence-electron chi connectivity index (χ0n) is 17.2. The lowest BCUT2D eigenvalue weighted by atomic mass is 10.1. The van der Waals surface area contributed by atoms with Crippen molar-refractivity contribution in [1.82, 2.24) is 25.1 Å². The van der Waals surface area contributed by atoms with Crippen LogP contribution in [0.2, 0.25) is 0 Å². The number of ether oxygens (including phenoxy) is 2. The maximum absolute atomic E-state index is 13.2. The van der Waals surface area contributed by atoms with E-state index >= 15 is 0 Å². The number of amides is 1. The van der Waals surface area contributed by atoms with Gasteiger partial charge in [0, 0.05) is 5.56 Å². The van der Waals surface area contributed by atoms with Crippen LogP contribution in [0.3, 0.4) is 0 Å². The number of nitrogens with one attached hydrogen (secondary N) is 1. The van der Waals surface area contributed by atoms with Gasteiger partial charge in [0.2, 0.25) is 4.73 Å². The Bertz CT molecular complexity index is 1190. The van der Waals surface area contributed by atoms with Crippen LogP contribution >= 0.6 is 15.9 Å². The fourth-order valence-corrected chi connectivity index (χ4v) is 3.17.